The first-order valence-corrected chi connectivity index (χ1v) is 29.7. The van der Waals surface area contributed by atoms with Crippen LogP contribution in [-0.4, -0.2) is 96.4 Å². The standard InChI is InChI=1S/C53H45N7O15S4/c54-47-41(78(70,71)72)24-39(43-45(47)51(63)37-13-3-1-11-35(37)49(43)61)59-31-7-5-9-33(22-31)76(66,67)17-15-57-26-28-19-29(21-30(20-28)53(56)65)27-58-16-18-77(68,69)34-10-6-8-32(23-34)60-40-25-42(79(73,74)75)48(55)46-44(40)50(62)36-12-2-4-14-38(36)52(46)64/h1-14,19-25,57-60H,15-18,26-27,54-55H2,(H2,56,65)(H,70,71,72)(H,73,74,75). The summed E-state index contributed by atoms with van der Waals surface area (Å²) in [6.07, 6.45) is 0. The third-order valence-electron chi connectivity index (χ3n) is 13.0. The summed E-state index contributed by atoms with van der Waals surface area (Å²) in [5, 5.41) is 11.7. The summed E-state index contributed by atoms with van der Waals surface area (Å²) in [7, 11) is -18.1. The number of ketones is 4. The number of sulfone groups is 2. The van der Waals surface area contributed by atoms with Crippen LogP contribution in [0.25, 0.3) is 0 Å². The second-order valence-electron chi connectivity index (χ2n) is 18.2. The zero-order valence-corrected chi connectivity index (χ0v) is 44.2. The Balaban J connectivity index is 0.836. The van der Waals surface area contributed by atoms with Gasteiger partial charge in [0.15, 0.2) is 42.8 Å². The van der Waals surface area contributed by atoms with Gasteiger partial charge in [-0.3, -0.25) is 33.1 Å². The predicted molar refractivity (Wildman–Crippen MR) is 290 cm³/mol. The molecule has 22 nitrogen and oxygen atoms in total. The van der Waals surface area contributed by atoms with Crippen LogP contribution >= 0.6 is 0 Å². The fourth-order valence-electron chi connectivity index (χ4n) is 9.28. The molecule has 2 aliphatic rings. The summed E-state index contributed by atoms with van der Waals surface area (Å²) >= 11 is 0. The van der Waals surface area contributed by atoms with Crippen molar-refractivity contribution in [3.05, 3.63) is 189 Å². The lowest BCUT2D eigenvalue weighted by molar-refractivity contribution is 0.0980. The summed E-state index contributed by atoms with van der Waals surface area (Å²) in [6.45, 7) is -0.0664. The number of carbonyl (C=O) groups is 5. The Morgan fingerprint density at radius 3 is 1.15 bits per heavy atom. The van der Waals surface area contributed by atoms with Gasteiger partial charge in [-0.15, -0.1) is 0 Å². The van der Waals surface area contributed by atoms with Gasteiger partial charge in [-0.25, -0.2) is 16.8 Å². The Kier molecular flexibility index (Phi) is 14.7. The van der Waals surface area contributed by atoms with E-state index in [1.54, 1.807) is 6.07 Å². The van der Waals surface area contributed by atoms with Crippen LogP contribution in [0.1, 0.15) is 85.2 Å². The maximum atomic E-state index is 13.8. The van der Waals surface area contributed by atoms with Crippen LogP contribution in [0.4, 0.5) is 34.1 Å². The Bertz CT molecular complexity index is 4020. The number of carbonyl (C=O) groups excluding carboxylic acids is 5. The number of rotatable bonds is 19. The number of anilines is 6. The van der Waals surface area contributed by atoms with Crippen LogP contribution in [-0.2, 0) is 53.0 Å². The largest absolute Gasteiger partial charge is 0.397 e. The van der Waals surface area contributed by atoms with Crippen molar-refractivity contribution in [3.63, 3.8) is 0 Å². The summed E-state index contributed by atoms with van der Waals surface area (Å²) in [4.78, 5) is 65.0. The van der Waals surface area contributed by atoms with E-state index < -0.39 is 113 Å². The molecule has 1 amide bonds. The average molecular weight is 1150 g/mol. The lowest BCUT2D eigenvalue weighted by atomic mass is 9.82. The van der Waals surface area contributed by atoms with Gasteiger partial charge in [-0.2, -0.15) is 16.8 Å². The second-order valence-corrected chi connectivity index (χ2v) is 25.2. The Labute approximate surface area is 451 Å². The van der Waals surface area contributed by atoms with Crippen LogP contribution in [0.15, 0.2) is 147 Å². The maximum Gasteiger partial charge on any atom is 0.296 e. The zero-order valence-electron chi connectivity index (χ0n) is 40.9. The molecule has 9 rings (SSSR count). The molecule has 26 heteroatoms. The zero-order chi connectivity index (χ0) is 56.9. The second kappa shape index (κ2) is 21.1. The normalized spacial score (nSPS) is 13.3. The van der Waals surface area contributed by atoms with E-state index in [1.165, 1.54) is 109 Å². The summed E-state index contributed by atoms with van der Waals surface area (Å²) in [5.74, 6) is -4.49. The number of nitrogens with one attached hydrogen (secondary N) is 4. The molecule has 0 unspecified atom stereocenters. The van der Waals surface area contributed by atoms with Gasteiger partial charge in [0.25, 0.3) is 20.2 Å². The minimum absolute atomic E-state index is 0.0244. The smallest absolute Gasteiger partial charge is 0.296 e. The van der Waals surface area contributed by atoms with Gasteiger partial charge in [0, 0.05) is 65.4 Å². The van der Waals surface area contributed by atoms with Gasteiger partial charge in [-0.05, 0) is 71.8 Å². The Hall–Kier alpha value is -8.47. The molecule has 0 aromatic heterocycles. The molecule has 0 fully saturated rings. The number of primary amides is 1. The number of nitrogens with two attached hydrogens (primary N) is 3. The SMILES string of the molecule is NC(=O)c1cc(CNCCS(=O)(=O)c2cccc(Nc3cc(S(=O)(=O)O)c(N)c4c3C(=O)c3ccccc3C4=O)c2)cc(CNCCS(=O)(=O)c2cccc(Nc3cc(S(=O)(=O)O)c(N)c4c3C(=O)c3ccccc3C4=O)c2)c1. The molecule has 79 heavy (non-hydrogen) atoms. The molecule has 0 radical (unpaired) electrons. The number of nitrogen functional groups attached to an aromatic ring is 2. The monoisotopic (exact) mass is 1150 g/mol. The van der Waals surface area contributed by atoms with Gasteiger partial charge < -0.3 is 38.5 Å². The van der Waals surface area contributed by atoms with Gasteiger partial charge in [0.05, 0.1) is 66.3 Å². The third kappa shape index (κ3) is 11.0. The fourth-order valence-corrected chi connectivity index (χ4v) is 13.1. The number of hydrogen-bond acceptors (Lipinski definition) is 19. The van der Waals surface area contributed by atoms with E-state index in [2.05, 4.69) is 21.3 Å². The van der Waals surface area contributed by atoms with Crippen molar-refractivity contribution in [2.45, 2.75) is 32.7 Å². The molecule has 0 heterocycles. The molecular weight excluding hydrogens is 1100 g/mol. The highest BCUT2D eigenvalue weighted by Gasteiger charge is 2.38. The molecule has 406 valence electrons. The number of amides is 1. The van der Waals surface area contributed by atoms with Gasteiger partial charge in [-0.1, -0.05) is 66.7 Å². The van der Waals surface area contributed by atoms with Crippen molar-refractivity contribution >= 4 is 103 Å². The van der Waals surface area contributed by atoms with Crippen molar-refractivity contribution in [1.29, 1.82) is 0 Å². The van der Waals surface area contributed by atoms with Crippen LogP contribution < -0.4 is 38.5 Å². The predicted octanol–water partition coefficient (Wildman–Crippen LogP) is 4.61. The van der Waals surface area contributed by atoms with E-state index >= 15 is 0 Å². The fraction of sp³-hybridized carbons (Fsp3) is 0.113. The number of fused-ring (bicyclic) bond motifs is 4. The molecule has 0 saturated heterocycles. The minimum Gasteiger partial charge on any atom is -0.397 e. The minimum atomic E-state index is -5.02. The van der Waals surface area contributed by atoms with Crippen molar-refractivity contribution in [2.24, 2.45) is 5.73 Å². The molecule has 2 aliphatic carbocycles. The van der Waals surface area contributed by atoms with E-state index in [0.717, 1.165) is 12.1 Å². The van der Waals surface area contributed by atoms with Crippen LogP contribution in [0, 0.1) is 0 Å². The highest BCUT2D eigenvalue weighted by Crippen LogP contribution is 2.42. The molecule has 0 bridgehead atoms. The lowest BCUT2D eigenvalue weighted by Gasteiger charge is -2.23. The van der Waals surface area contributed by atoms with E-state index in [4.69, 9.17) is 17.2 Å². The molecule has 0 aliphatic heterocycles. The van der Waals surface area contributed by atoms with Crippen LogP contribution in [0.5, 0.6) is 0 Å². The van der Waals surface area contributed by atoms with Crippen LogP contribution in [0.2, 0.25) is 0 Å². The highest BCUT2D eigenvalue weighted by atomic mass is 32.2. The quantitative estimate of drug-likeness (QED) is 0.0303. The number of benzene rings is 7. The van der Waals surface area contributed by atoms with Crippen LogP contribution in [0.3, 0.4) is 0 Å². The Morgan fingerprint density at radius 2 is 0.810 bits per heavy atom. The van der Waals surface area contributed by atoms with E-state index in [0.29, 0.717) is 11.1 Å². The lowest BCUT2D eigenvalue weighted by Crippen LogP contribution is -2.25. The summed E-state index contributed by atoms with van der Waals surface area (Å²) < 4.78 is 124. The molecular formula is C53H45N7O15S4. The average Bonchev–Trinajstić information content (AvgIpc) is 3.54. The third-order valence-corrected chi connectivity index (χ3v) is 18.2. The summed E-state index contributed by atoms with van der Waals surface area (Å²) in [5.41, 5.74) is 15.9. The van der Waals surface area contributed by atoms with Gasteiger partial charge in [0.1, 0.15) is 9.79 Å². The van der Waals surface area contributed by atoms with Crippen molar-refractivity contribution < 1.29 is 66.7 Å². The highest BCUT2D eigenvalue weighted by molar-refractivity contribution is 7.91. The molecule has 7 aromatic rings. The molecule has 0 saturated carbocycles. The molecule has 0 spiro atoms. The van der Waals surface area contributed by atoms with Crippen molar-refractivity contribution in [2.75, 3.05) is 46.7 Å². The van der Waals surface area contributed by atoms with Crippen molar-refractivity contribution in [1.82, 2.24) is 10.6 Å². The Morgan fingerprint density at radius 1 is 0.456 bits per heavy atom. The van der Waals surface area contributed by atoms with E-state index in [1.807, 2.05) is 0 Å². The molecule has 12 N–H and O–H groups in total. The van der Waals surface area contributed by atoms with E-state index in [9.17, 15) is 66.7 Å². The van der Waals surface area contributed by atoms with E-state index in [-0.39, 0.29) is 97.7 Å². The molecule has 7 aromatic carbocycles. The molecule has 0 atom stereocenters. The first kappa shape index (κ1) is 55.3. The topological polar surface area (TPSA) is 389 Å². The maximum absolute atomic E-state index is 13.8. The summed E-state index contributed by atoms with van der Waals surface area (Å²) in [6, 6.07) is 28.9. The van der Waals surface area contributed by atoms with Crippen molar-refractivity contribution in [3.8, 4) is 0 Å². The van der Waals surface area contributed by atoms with Gasteiger partial charge >= 0.3 is 0 Å². The first-order chi connectivity index (χ1) is 37.2. The number of hydrogen-bond donors (Lipinski definition) is 9. The first-order valence-electron chi connectivity index (χ1n) is 23.5. The van der Waals surface area contributed by atoms with Gasteiger partial charge in [0.2, 0.25) is 5.91 Å².